The van der Waals surface area contributed by atoms with Crippen molar-refractivity contribution in [2.24, 2.45) is 22.2 Å². The van der Waals surface area contributed by atoms with Crippen LogP contribution in [0.3, 0.4) is 0 Å². The summed E-state index contributed by atoms with van der Waals surface area (Å²) in [5.41, 5.74) is 24.5. The van der Waals surface area contributed by atoms with E-state index in [-0.39, 0.29) is 87.7 Å². The van der Waals surface area contributed by atoms with Crippen molar-refractivity contribution < 1.29 is 67.4 Å². The van der Waals surface area contributed by atoms with Crippen LogP contribution in [0.1, 0.15) is 51.1 Å². The fraction of sp³-hybridized carbons (Fsp3) is 0.279. The molecule has 63 heavy (non-hydrogen) atoms. The molecule has 0 spiro atoms. The zero-order valence-electron chi connectivity index (χ0n) is 34.0. The molecule has 0 bridgehead atoms. The van der Waals surface area contributed by atoms with Gasteiger partial charge in [0.05, 0.1) is 49.7 Å². The van der Waals surface area contributed by atoms with E-state index in [2.05, 4.69) is 10.3 Å². The highest BCUT2D eigenvalue weighted by Gasteiger charge is 2.23. The maximum atomic E-state index is 12.9. The highest BCUT2D eigenvalue weighted by Crippen LogP contribution is 2.29. The van der Waals surface area contributed by atoms with E-state index in [0.29, 0.717) is 40.2 Å². The predicted molar refractivity (Wildman–Crippen MR) is 226 cm³/mol. The number of aliphatic imine (C=N–C) groups is 1. The van der Waals surface area contributed by atoms with Crippen molar-refractivity contribution >= 4 is 53.0 Å². The molecule has 334 valence electrons. The van der Waals surface area contributed by atoms with E-state index >= 15 is 0 Å². The average Bonchev–Trinajstić information content (AvgIpc) is 3.23. The van der Waals surface area contributed by atoms with Crippen molar-refractivity contribution in [1.82, 2.24) is 5.32 Å². The molecule has 4 aromatic rings. The maximum absolute atomic E-state index is 12.9. The number of hydrogen-bond acceptors (Lipinski definition) is 14. The number of nitrogens with zero attached hydrogens (tertiary/aromatic N) is 1. The summed E-state index contributed by atoms with van der Waals surface area (Å²) in [4.78, 5) is 75.9. The van der Waals surface area contributed by atoms with Gasteiger partial charge in [0.15, 0.2) is 5.96 Å². The monoisotopic (exact) mass is 872 g/mol. The molecule has 0 fully saturated rings. The van der Waals surface area contributed by atoms with Crippen molar-refractivity contribution in [1.29, 1.82) is 0 Å². The largest absolute Gasteiger partial charge is 0.491 e. The zero-order chi connectivity index (χ0) is 45.7. The van der Waals surface area contributed by atoms with Gasteiger partial charge >= 0.3 is 23.9 Å². The van der Waals surface area contributed by atoms with Crippen molar-refractivity contribution in [2.45, 2.75) is 38.1 Å². The van der Waals surface area contributed by atoms with Crippen LogP contribution in [0.15, 0.2) is 89.9 Å². The number of anilines is 1. The lowest BCUT2D eigenvalue weighted by Gasteiger charge is -2.15. The molecular weight excluding hydrogens is 825 g/mol. The molecule has 4 aromatic carbocycles. The fourth-order valence-corrected chi connectivity index (χ4v) is 5.54. The number of nitrogens with one attached hydrogen (secondary N) is 1. The molecule has 20 nitrogen and oxygen atoms in total. The molecule has 0 saturated carbocycles. The van der Waals surface area contributed by atoms with Crippen LogP contribution in [0.25, 0.3) is 0 Å². The van der Waals surface area contributed by atoms with Crippen molar-refractivity contribution in [3.8, 4) is 23.0 Å². The first-order valence-corrected chi connectivity index (χ1v) is 19.4. The number of aliphatic carboxylic acids is 2. The molecule has 0 aliphatic carbocycles. The summed E-state index contributed by atoms with van der Waals surface area (Å²) in [5.74, 6) is -4.52. The first kappa shape index (κ1) is 48.0. The highest BCUT2D eigenvalue weighted by atomic mass is 16.6. The van der Waals surface area contributed by atoms with E-state index in [0.717, 1.165) is 0 Å². The van der Waals surface area contributed by atoms with Gasteiger partial charge in [-0.25, -0.2) is 19.4 Å². The minimum atomic E-state index is -1.61. The summed E-state index contributed by atoms with van der Waals surface area (Å²) in [6, 6.07) is 20.0. The van der Waals surface area contributed by atoms with Crippen molar-refractivity contribution in [3.05, 3.63) is 107 Å². The highest BCUT2D eigenvalue weighted by molar-refractivity contribution is 5.92. The molecule has 0 radical (unpaired) electrons. The summed E-state index contributed by atoms with van der Waals surface area (Å²) in [6.45, 7) is 0.776. The minimum Gasteiger partial charge on any atom is -0.491 e. The number of rotatable bonds is 26. The van der Waals surface area contributed by atoms with Crippen LogP contribution in [-0.4, -0.2) is 97.5 Å². The van der Waals surface area contributed by atoms with Gasteiger partial charge in [0, 0.05) is 30.7 Å². The maximum Gasteiger partial charge on any atom is 0.343 e. The first-order valence-electron chi connectivity index (χ1n) is 19.4. The van der Waals surface area contributed by atoms with Gasteiger partial charge in [0.2, 0.25) is 11.8 Å². The van der Waals surface area contributed by atoms with Gasteiger partial charge in [-0.05, 0) is 84.6 Å². The second kappa shape index (κ2) is 24.5. The lowest BCUT2D eigenvalue weighted by Crippen LogP contribution is -2.42. The smallest absolute Gasteiger partial charge is 0.343 e. The molecule has 2 amide bonds. The minimum absolute atomic E-state index is 0.0268. The van der Waals surface area contributed by atoms with Crippen molar-refractivity contribution in [2.75, 3.05) is 45.4 Å². The number of ether oxygens (including phenoxy) is 6. The molecular formula is C43H48N6O14. The lowest BCUT2D eigenvalue weighted by molar-refractivity contribution is -0.147. The van der Waals surface area contributed by atoms with Gasteiger partial charge in [-0.1, -0.05) is 12.1 Å². The number of hydrogen-bond donors (Lipinski definition) is 7. The van der Waals surface area contributed by atoms with Crippen LogP contribution in [0.4, 0.5) is 11.4 Å². The number of carbonyl (C=O) groups excluding carboxylic acids is 4. The molecule has 4 rings (SSSR count). The molecule has 1 unspecified atom stereocenters. The number of aryl methyl sites for hydroxylation is 2. The van der Waals surface area contributed by atoms with Crippen LogP contribution in [0.2, 0.25) is 0 Å². The van der Waals surface area contributed by atoms with E-state index in [1.54, 1.807) is 48.5 Å². The Hall–Kier alpha value is -7.71. The number of carboxylic acid groups (broad SMARTS) is 2. The topological polar surface area (TPSA) is 327 Å². The third kappa shape index (κ3) is 17.1. The SMILES string of the molecule is NC(=O)CCc1ccc(OC(=O)c2ccc(N)cc2)cc1OCCOCCOCCOc1cc(OC(=O)c2ccc(N=C(N)N)cc2)ccc1CCC(=O)NC(CC(=O)O)C(=O)O. The standard InChI is InChI=1S/C43H48N6O14/c44-30-9-1-28(2-10-30)41(56)62-32-13-5-26(7-15-37(45)50)35(23-32)60-21-19-58-17-18-59-20-22-61-36-24-33(63-42(57)29-3-11-31(12-4-29)48-43(46)47)14-6-27(36)8-16-38(51)49-34(40(54)55)25-39(52)53/h1-6,9-14,23-24,34H,7-8,15-22,25,44H2,(H2,45,50)(H,49,51)(H,52,53)(H,54,55)(H4,46,47,48). The van der Waals surface area contributed by atoms with E-state index in [9.17, 15) is 33.9 Å². The Bertz CT molecular complexity index is 2250. The molecule has 11 N–H and O–H groups in total. The molecule has 1 atom stereocenters. The van der Waals surface area contributed by atoms with Gasteiger partial charge in [0.1, 0.15) is 42.3 Å². The Morgan fingerprint density at radius 3 is 1.56 bits per heavy atom. The predicted octanol–water partition coefficient (Wildman–Crippen LogP) is 2.50. The van der Waals surface area contributed by atoms with Crippen LogP contribution in [0.5, 0.6) is 23.0 Å². The number of esters is 2. The van der Waals surface area contributed by atoms with E-state index in [4.69, 9.17) is 56.5 Å². The molecule has 0 heterocycles. The van der Waals surface area contributed by atoms with Gasteiger partial charge in [0.25, 0.3) is 0 Å². The van der Waals surface area contributed by atoms with Crippen LogP contribution < -0.4 is 47.2 Å². The molecule has 0 aliphatic rings. The van der Waals surface area contributed by atoms with Crippen LogP contribution in [0, 0.1) is 0 Å². The zero-order valence-corrected chi connectivity index (χ0v) is 34.0. The summed E-state index contributed by atoms with van der Waals surface area (Å²) in [6.07, 6.45) is -0.564. The Morgan fingerprint density at radius 2 is 1.10 bits per heavy atom. The summed E-state index contributed by atoms with van der Waals surface area (Å²) in [5, 5.41) is 20.5. The summed E-state index contributed by atoms with van der Waals surface area (Å²) in [7, 11) is 0. The van der Waals surface area contributed by atoms with Gasteiger partial charge < -0.3 is 66.9 Å². The third-order valence-corrected chi connectivity index (χ3v) is 8.62. The van der Waals surface area contributed by atoms with E-state index in [1.807, 2.05) is 0 Å². The Morgan fingerprint density at radius 1 is 0.619 bits per heavy atom. The average molecular weight is 873 g/mol. The van der Waals surface area contributed by atoms with Gasteiger partial charge in [-0.15, -0.1) is 0 Å². The normalized spacial score (nSPS) is 11.1. The van der Waals surface area contributed by atoms with Crippen LogP contribution >= 0.6 is 0 Å². The van der Waals surface area contributed by atoms with E-state index in [1.165, 1.54) is 36.4 Å². The number of carboxylic acids is 2. The van der Waals surface area contributed by atoms with Gasteiger partial charge in [-0.3, -0.25) is 14.4 Å². The number of benzene rings is 4. The Kier molecular flexibility index (Phi) is 18.7. The summed E-state index contributed by atoms with van der Waals surface area (Å²) >= 11 is 0. The van der Waals surface area contributed by atoms with Crippen molar-refractivity contribution in [3.63, 3.8) is 0 Å². The second-order valence-electron chi connectivity index (χ2n) is 13.5. The number of guanidine groups is 1. The Labute approximate surface area is 361 Å². The number of nitrogen functional groups attached to an aromatic ring is 1. The van der Waals surface area contributed by atoms with Gasteiger partial charge in [-0.2, -0.15) is 0 Å². The number of primary amides is 1. The Balaban J connectivity index is 1.28. The molecule has 0 aromatic heterocycles. The first-order chi connectivity index (χ1) is 30.2. The third-order valence-electron chi connectivity index (χ3n) is 8.62. The van der Waals surface area contributed by atoms with E-state index < -0.39 is 48.2 Å². The quantitative estimate of drug-likeness (QED) is 0.0119. The second-order valence-corrected chi connectivity index (χ2v) is 13.5. The number of carbonyl (C=O) groups is 6. The number of amides is 2. The fourth-order valence-electron chi connectivity index (χ4n) is 5.54. The molecule has 0 saturated heterocycles. The molecule has 20 heteroatoms. The summed E-state index contributed by atoms with van der Waals surface area (Å²) < 4.78 is 34.2. The molecule has 0 aliphatic heterocycles. The van der Waals surface area contributed by atoms with Crippen LogP contribution in [-0.2, 0) is 41.5 Å². The number of nitrogens with two attached hydrogens (primary N) is 4. The lowest BCUT2D eigenvalue weighted by atomic mass is 10.1.